The van der Waals surface area contributed by atoms with Crippen LogP contribution >= 0.6 is 0 Å². The molecule has 0 heterocycles. The maximum atomic E-state index is 13.7. The molecule has 26 heavy (non-hydrogen) atoms. The fourth-order valence-electron chi connectivity index (χ4n) is 5.09. The average Bonchev–Trinajstić information content (AvgIpc) is 2.57. The molecule has 2 atom stereocenters. The van der Waals surface area contributed by atoms with Gasteiger partial charge in [-0.2, -0.15) is 0 Å². The number of nitrogens with two attached hydrogens (primary N) is 1. The molecule has 3 fully saturated rings. The van der Waals surface area contributed by atoms with E-state index >= 15 is 0 Å². The van der Waals surface area contributed by atoms with Gasteiger partial charge in [-0.1, -0.05) is 19.3 Å². The molecular formula is C20H34N2O4. The largest absolute Gasteiger partial charge is 0.388 e. The van der Waals surface area contributed by atoms with Crippen LogP contribution in [-0.4, -0.2) is 50.2 Å². The van der Waals surface area contributed by atoms with E-state index in [-0.39, 0.29) is 5.91 Å². The Morgan fingerprint density at radius 1 is 0.808 bits per heavy atom. The van der Waals surface area contributed by atoms with Gasteiger partial charge in [-0.25, -0.2) is 0 Å². The van der Waals surface area contributed by atoms with Gasteiger partial charge in [-0.3, -0.25) is 9.59 Å². The second kappa shape index (κ2) is 6.79. The van der Waals surface area contributed by atoms with E-state index in [1.165, 1.54) is 0 Å². The number of hydrogen-bond donors (Lipinski definition) is 3. The quantitative estimate of drug-likeness (QED) is 0.624. The molecule has 0 unspecified atom stereocenters. The monoisotopic (exact) mass is 366 g/mol. The van der Waals surface area contributed by atoms with Crippen molar-refractivity contribution < 1.29 is 19.8 Å². The van der Waals surface area contributed by atoms with Crippen LogP contribution in [-0.2, 0) is 9.59 Å². The maximum Gasteiger partial charge on any atom is 0.238 e. The standard InChI is InChI=1S/C20H34N2O4/c1-14(19(25)10-6-11-19)22(15(2)20(26)12-7-13-20)17(24)18(16(21)23)8-4-3-5-9-18/h14-15,25-26H,3-13H2,1-2H3,(H2,21,23)/t14-,15-/m1/s1. The van der Waals surface area contributed by atoms with Crippen molar-refractivity contribution in [2.24, 2.45) is 11.1 Å². The highest BCUT2D eigenvalue weighted by Gasteiger charge is 2.56. The molecule has 0 aromatic carbocycles. The maximum absolute atomic E-state index is 13.7. The van der Waals surface area contributed by atoms with Gasteiger partial charge in [0.25, 0.3) is 0 Å². The Hall–Kier alpha value is -1.14. The normalized spacial score (nSPS) is 28.2. The first-order chi connectivity index (χ1) is 12.2. The lowest BCUT2D eigenvalue weighted by Crippen LogP contribution is -2.68. The van der Waals surface area contributed by atoms with E-state index in [0.29, 0.717) is 38.5 Å². The highest BCUT2D eigenvalue weighted by Crippen LogP contribution is 2.46. The average molecular weight is 367 g/mol. The fraction of sp³-hybridized carbons (Fsp3) is 0.900. The summed E-state index contributed by atoms with van der Waals surface area (Å²) in [6.45, 7) is 3.71. The lowest BCUT2D eigenvalue weighted by molar-refractivity contribution is -0.182. The van der Waals surface area contributed by atoms with E-state index < -0.39 is 34.6 Å². The Morgan fingerprint density at radius 3 is 1.54 bits per heavy atom. The summed E-state index contributed by atoms with van der Waals surface area (Å²) in [7, 11) is 0. The molecule has 3 rings (SSSR count). The molecular weight excluding hydrogens is 332 g/mol. The van der Waals surface area contributed by atoms with Crippen LogP contribution in [0.3, 0.4) is 0 Å². The van der Waals surface area contributed by atoms with E-state index in [2.05, 4.69) is 0 Å². The zero-order chi connectivity index (χ0) is 19.2. The molecule has 4 N–H and O–H groups in total. The highest BCUT2D eigenvalue weighted by atomic mass is 16.3. The van der Waals surface area contributed by atoms with Gasteiger partial charge < -0.3 is 20.8 Å². The van der Waals surface area contributed by atoms with E-state index in [4.69, 9.17) is 5.73 Å². The van der Waals surface area contributed by atoms with E-state index in [9.17, 15) is 19.8 Å². The molecule has 3 aliphatic carbocycles. The van der Waals surface area contributed by atoms with Crippen molar-refractivity contribution in [3.05, 3.63) is 0 Å². The summed E-state index contributed by atoms with van der Waals surface area (Å²) in [5, 5.41) is 21.9. The molecule has 0 aliphatic heterocycles. The molecule has 0 radical (unpaired) electrons. The fourth-order valence-corrected chi connectivity index (χ4v) is 5.09. The van der Waals surface area contributed by atoms with Gasteiger partial charge in [0.05, 0.1) is 23.3 Å². The Bertz CT molecular complexity index is 536. The predicted octanol–water partition coefficient (Wildman–Crippen LogP) is 1.86. The van der Waals surface area contributed by atoms with E-state index in [1.807, 2.05) is 13.8 Å². The molecule has 6 heteroatoms. The Morgan fingerprint density at radius 2 is 1.23 bits per heavy atom. The number of nitrogens with zero attached hydrogens (tertiary/aromatic N) is 1. The van der Waals surface area contributed by atoms with Gasteiger partial charge in [0.15, 0.2) is 0 Å². The molecule has 0 aromatic heterocycles. The van der Waals surface area contributed by atoms with Crippen molar-refractivity contribution in [2.75, 3.05) is 0 Å². The number of hydrogen-bond acceptors (Lipinski definition) is 4. The summed E-state index contributed by atoms with van der Waals surface area (Å²) in [5.74, 6) is -0.849. The second-order valence-corrected chi connectivity index (χ2v) is 8.99. The topological polar surface area (TPSA) is 104 Å². The zero-order valence-corrected chi connectivity index (χ0v) is 16.2. The van der Waals surface area contributed by atoms with Crippen molar-refractivity contribution in [1.82, 2.24) is 4.90 Å². The first-order valence-electron chi connectivity index (χ1n) is 10.2. The van der Waals surface area contributed by atoms with Crippen molar-refractivity contribution in [3.63, 3.8) is 0 Å². The zero-order valence-electron chi connectivity index (χ0n) is 16.2. The van der Waals surface area contributed by atoms with Crippen molar-refractivity contribution in [1.29, 1.82) is 0 Å². The van der Waals surface area contributed by atoms with Crippen LogP contribution in [0.2, 0.25) is 0 Å². The number of amides is 2. The van der Waals surface area contributed by atoms with E-state index in [1.54, 1.807) is 4.90 Å². The SMILES string of the molecule is C[C@@H](N(C(=O)C1(C(N)=O)CCCCC1)[C@H](C)C1(O)CCC1)C1(O)CCC1. The molecule has 6 nitrogen and oxygen atoms in total. The van der Waals surface area contributed by atoms with Crippen LogP contribution < -0.4 is 5.73 Å². The first-order valence-corrected chi connectivity index (χ1v) is 10.2. The smallest absolute Gasteiger partial charge is 0.238 e. The summed E-state index contributed by atoms with van der Waals surface area (Å²) < 4.78 is 0. The van der Waals surface area contributed by atoms with Gasteiger partial charge >= 0.3 is 0 Å². The Labute approximate surface area is 156 Å². The van der Waals surface area contributed by atoms with Gasteiger partial charge in [-0.05, 0) is 65.2 Å². The molecule has 0 bridgehead atoms. The molecule has 148 valence electrons. The number of primary amides is 1. The van der Waals surface area contributed by atoms with Crippen molar-refractivity contribution >= 4 is 11.8 Å². The minimum absolute atomic E-state index is 0.287. The van der Waals surface area contributed by atoms with Gasteiger partial charge in [0.2, 0.25) is 11.8 Å². The Balaban J connectivity index is 1.95. The lowest BCUT2D eigenvalue weighted by Gasteiger charge is -2.55. The summed E-state index contributed by atoms with van der Waals surface area (Å²) in [4.78, 5) is 27.7. The van der Waals surface area contributed by atoms with E-state index in [0.717, 1.165) is 32.1 Å². The van der Waals surface area contributed by atoms with Crippen LogP contribution in [0.5, 0.6) is 0 Å². The predicted molar refractivity (Wildman–Crippen MR) is 98.1 cm³/mol. The van der Waals surface area contributed by atoms with Crippen LogP contribution in [0.15, 0.2) is 0 Å². The van der Waals surface area contributed by atoms with Gasteiger partial charge in [-0.15, -0.1) is 0 Å². The molecule has 0 spiro atoms. The number of rotatable bonds is 6. The number of carbonyl (C=O) groups is 2. The number of carbonyl (C=O) groups excluding carboxylic acids is 2. The molecule has 3 aliphatic rings. The Kier molecular flexibility index (Phi) is 5.12. The third-order valence-electron chi connectivity index (χ3n) is 7.65. The van der Waals surface area contributed by atoms with Gasteiger partial charge in [0.1, 0.15) is 5.41 Å². The van der Waals surface area contributed by atoms with Crippen molar-refractivity contribution in [3.8, 4) is 0 Å². The molecule has 3 saturated carbocycles. The van der Waals surface area contributed by atoms with Crippen molar-refractivity contribution in [2.45, 2.75) is 108 Å². The minimum Gasteiger partial charge on any atom is -0.388 e. The minimum atomic E-state index is -1.19. The van der Waals surface area contributed by atoms with Gasteiger partial charge in [0, 0.05) is 0 Å². The third kappa shape index (κ3) is 2.95. The van der Waals surface area contributed by atoms with Crippen LogP contribution in [0, 0.1) is 5.41 Å². The molecule has 0 saturated heterocycles. The summed E-state index contributed by atoms with van der Waals surface area (Å²) in [6, 6.07) is -0.886. The highest BCUT2D eigenvalue weighted by molar-refractivity contribution is 6.04. The number of aliphatic hydroxyl groups is 2. The third-order valence-corrected chi connectivity index (χ3v) is 7.65. The van der Waals surface area contributed by atoms with Crippen LogP contribution in [0.4, 0.5) is 0 Å². The summed E-state index contributed by atoms with van der Waals surface area (Å²) in [6.07, 6.45) is 7.99. The molecule has 0 aromatic rings. The molecule has 2 amide bonds. The second-order valence-electron chi connectivity index (χ2n) is 8.99. The summed E-state index contributed by atoms with van der Waals surface area (Å²) >= 11 is 0. The lowest BCUT2D eigenvalue weighted by atomic mass is 9.68. The first kappa shape index (κ1) is 19.6. The van der Waals surface area contributed by atoms with Crippen LogP contribution in [0.1, 0.15) is 84.5 Å². The van der Waals surface area contributed by atoms with Crippen LogP contribution in [0.25, 0.3) is 0 Å². The summed E-state index contributed by atoms with van der Waals surface area (Å²) in [5.41, 5.74) is 2.68.